The molecule has 0 aromatic carbocycles. The highest BCUT2D eigenvalue weighted by molar-refractivity contribution is 14.1. The molecule has 2 heterocycles. The molecule has 0 spiro atoms. The molecule has 0 saturated heterocycles. The smallest absolute Gasteiger partial charge is 0.267 e. The average molecular weight is 391 g/mol. The fraction of sp³-hybridized carbons (Fsp3) is 0.250. The number of aryl methyl sites for hydroxylation is 1. The summed E-state index contributed by atoms with van der Waals surface area (Å²) in [5, 5.41) is 3.47. The van der Waals surface area contributed by atoms with Crippen molar-refractivity contribution in [1.82, 2.24) is 14.5 Å². The van der Waals surface area contributed by atoms with Crippen molar-refractivity contribution in [2.24, 2.45) is 0 Å². The third-order valence-corrected chi connectivity index (χ3v) is 4.24. The topological polar surface area (TPSA) is 59.8 Å². The summed E-state index contributed by atoms with van der Waals surface area (Å²) in [7, 11) is 1.78. The Hall–Kier alpha value is -1.15. The van der Waals surface area contributed by atoms with Crippen molar-refractivity contribution in [3.05, 3.63) is 48.8 Å². The Morgan fingerprint density at radius 3 is 2.89 bits per heavy atom. The summed E-state index contributed by atoms with van der Waals surface area (Å²) >= 11 is 8.10. The minimum atomic E-state index is -0.0826. The van der Waals surface area contributed by atoms with Crippen LogP contribution in [0, 0.1) is 10.5 Å². The normalized spacial score (nSPS) is 10.5. The second-order valence-electron chi connectivity index (χ2n) is 3.95. The molecule has 0 amide bonds. The van der Waals surface area contributed by atoms with Gasteiger partial charge in [0.1, 0.15) is 5.82 Å². The van der Waals surface area contributed by atoms with Gasteiger partial charge in [-0.3, -0.25) is 9.36 Å². The van der Waals surface area contributed by atoms with E-state index in [9.17, 15) is 4.79 Å². The lowest BCUT2D eigenvalue weighted by molar-refractivity contribution is 0.709. The minimum Gasteiger partial charge on any atom is -0.373 e. The van der Waals surface area contributed by atoms with Crippen molar-refractivity contribution < 1.29 is 0 Å². The number of anilines is 1. The van der Waals surface area contributed by atoms with Crippen LogP contribution in [-0.4, -0.2) is 21.6 Å². The predicted octanol–water partition coefficient (Wildman–Crippen LogP) is 2.29. The molecular formula is C12H12ClIN4O. The van der Waals surface area contributed by atoms with Crippen LogP contribution in [0.15, 0.2) is 23.3 Å². The van der Waals surface area contributed by atoms with Gasteiger partial charge in [0, 0.05) is 7.05 Å². The molecule has 2 rings (SSSR count). The molecule has 0 saturated carbocycles. The van der Waals surface area contributed by atoms with Gasteiger partial charge < -0.3 is 5.32 Å². The Morgan fingerprint density at radius 1 is 1.47 bits per heavy atom. The minimum absolute atomic E-state index is 0.0826. The van der Waals surface area contributed by atoms with Gasteiger partial charge >= 0.3 is 0 Å². The first-order valence-electron chi connectivity index (χ1n) is 5.57. The third kappa shape index (κ3) is 3.06. The fourth-order valence-electron chi connectivity index (χ4n) is 1.55. The van der Waals surface area contributed by atoms with Crippen LogP contribution in [0.2, 0.25) is 5.02 Å². The van der Waals surface area contributed by atoms with E-state index in [-0.39, 0.29) is 5.56 Å². The Labute approximate surface area is 129 Å². The summed E-state index contributed by atoms with van der Waals surface area (Å²) in [4.78, 5) is 20.6. The Morgan fingerprint density at radius 2 is 2.21 bits per heavy atom. The monoisotopic (exact) mass is 390 g/mol. The van der Waals surface area contributed by atoms with Crippen molar-refractivity contribution >= 4 is 40.0 Å². The van der Waals surface area contributed by atoms with Crippen LogP contribution in [0.4, 0.5) is 5.82 Å². The van der Waals surface area contributed by atoms with Gasteiger partial charge in [0.2, 0.25) is 0 Å². The maximum absolute atomic E-state index is 12.1. The highest BCUT2D eigenvalue weighted by Gasteiger charge is 2.09. The Bertz CT molecular complexity index is 671. The fourth-order valence-corrected chi connectivity index (χ4v) is 2.17. The number of hydrogen-bond acceptors (Lipinski definition) is 4. The van der Waals surface area contributed by atoms with E-state index in [1.165, 1.54) is 10.9 Å². The zero-order chi connectivity index (χ0) is 14.0. The largest absolute Gasteiger partial charge is 0.373 e. The van der Waals surface area contributed by atoms with E-state index in [1.807, 2.05) is 22.6 Å². The molecule has 0 unspecified atom stereocenters. The number of pyridine rings is 1. The van der Waals surface area contributed by atoms with Gasteiger partial charge in [0.05, 0.1) is 32.9 Å². The van der Waals surface area contributed by atoms with E-state index in [1.54, 1.807) is 26.1 Å². The molecular weight excluding hydrogens is 379 g/mol. The zero-order valence-electron chi connectivity index (χ0n) is 10.4. The number of hydrogen-bond donors (Lipinski definition) is 1. The molecule has 100 valence electrons. The predicted molar refractivity (Wildman–Crippen MR) is 83.8 cm³/mol. The van der Waals surface area contributed by atoms with E-state index < -0.39 is 0 Å². The molecule has 19 heavy (non-hydrogen) atoms. The summed E-state index contributed by atoms with van der Waals surface area (Å²) in [6.07, 6.45) is 1.52. The molecule has 0 radical (unpaired) electrons. The molecule has 0 bridgehead atoms. The van der Waals surface area contributed by atoms with E-state index in [2.05, 4.69) is 15.3 Å². The number of nitrogens with zero attached hydrogens (tertiary/aromatic N) is 3. The van der Waals surface area contributed by atoms with Crippen LogP contribution < -0.4 is 10.9 Å². The first kappa shape index (κ1) is 14.3. The highest BCUT2D eigenvalue weighted by atomic mass is 127. The second-order valence-corrected chi connectivity index (χ2v) is 5.44. The van der Waals surface area contributed by atoms with Crippen molar-refractivity contribution in [2.45, 2.75) is 13.5 Å². The van der Waals surface area contributed by atoms with E-state index in [0.717, 1.165) is 5.69 Å². The quantitative estimate of drug-likeness (QED) is 0.817. The van der Waals surface area contributed by atoms with Gasteiger partial charge in [-0.1, -0.05) is 11.6 Å². The highest BCUT2D eigenvalue weighted by Crippen LogP contribution is 2.17. The van der Waals surface area contributed by atoms with E-state index in [0.29, 0.717) is 26.6 Å². The summed E-state index contributed by atoms with van der Waals surface area (Å²) < 4.78 is 2.11. The summed E-state index contributed by atoms with van der Waals surface area (Å²) in [5.41, 5.74) is 1.28. The lowest BCUT2D eigenvalue weighted by Gasteiger charge is -2.09. The van der Waals surface area contributed by atoms with Gasteiger partial charge in [0.15, 0.2) is 0 Å². The van der Waals surface area contributed by atoms with Crippen LogP contribution in [0.5, 0.6) is 0 Å². The second kappa shape index (κ2) is 5.87. The number of aromatic nitrogens is 3. The molecule has 0 fully saturated rings. The van der Waals surface area contributed by atoms with Gasteiger partial charge in [-0.05, 0) is 41.6 Å². The maximum Gasteiger partial charge on any atom is 0.267 e. The molecule has 2 aromatic rings. The zero-order valence-corrected chi connectivity index (χ0v) is 13.4. The third-order valence-electron chi connectivity index (χ3n) is 2.65. The molecule has 0 aliphatic rings. The van der Waals surface area contributed by atoms with E-state index >= 15 is 0 Å². The summed E-state index contributed by atoms with van der Waals surface area (Å²) in [5.74, 6) is 0.710. The molecule has 5 nitrogen and oxygen atoms in total. The summed E-state index contributed by atoms with van der Waals surface area (Å²) in [6, 6.07) is 3.54. The number of halogens is 2. The maximum atomic E-state index is 12.1. The van der Waals surface area contributed by atoms with Gasteiger partial charge in [-0.15, -0.1) is 0 Å². The lowest BCUT2D eigenvalue weighted by atomic mass is 10.3. The Kier molecular flexibility index (Phi) is 4.41. The van der Waals surface area contributed by atoms with Crippen LogP contribution in [0.3, 0.4) is 0 Å². The van der Waals surface area contributed by atoms with Crippen LogP contribution >= 0.6 is 34.2 Å². The van der Waals surface area contributed by atoms with E-state index in [4.69, 9.17) is 11.6 Å². The molecule has 7 heteroatoms. The van der Waals surface area contributed by atoms with Crippen molar-refractivity contribution in [3.8, 4) is 0 Å². The van der Waals surface area contributed by atoms with Crippen molar-refractivity contribution in [1.29, 1.82) is 0 Å². The number of nitrogens with one attached hydrogen (secondary N) is 1. The van der Waals surface area contributed by atoms with Crippen LogP contribution in [-0.2, 0) is 6.54 Å². The number of rotatable bonds is 3. The van der Waals surface area contributed by atoms with Crippen molar-refractivity contribution in [3.63, 3.8) is 0 Å². The first-order chi connectivity index (χ1) is 9.02. The molecule has 0 aliphatic carbocycles. The molecule has 0 aliphatic heterocycles. The molecule has 2 aromatic heterocycles. The first-order valence-corrected chi connectivity index (χ1v) is 7.03. The van der Waals surface area contributed by atoms with Gasteiger partial charge in [0.25, 0.3) is 5.56 Å². The average Bonchev–Trinajstić information content (AvgIpc) is 2.41. The van der Waals surface area contributed by atoms with Gasteiger partial charge in [-0.25, -0.2) is 9.97 Å². The van der Waals surface area contributed by atoms with Crippen molar-refractivity contribution in [2.75, 3.05) is 12.4 Å². The molecule has 1 N–H and O–H groups in total. The lowest BCUT2D eigenvalue weighted by Crippen LogP contribution is -2.25. The molecule has 0 atom stereocenters. The van der Waals surface area contributed by atoms with Crippen LogP contribution in [0.1, 0.15) is 11.4 Å². The van der Waals surface area contributed by atoms with Gasteiger partial charge in [-0.2, -0.15) is 0 Å². The summed E-state index contributed by atoms with van der Waals surface area (Å²) in [6.45, 7) is 2.11. The van der Waals surface area contributed by atoms with Crippen LogP contribution in [0.25, 0.3) is 0 Å². The SMILES string of the molecule is CNc1ccc(Cl)c(Cn2cnc(C)c(I)c2=O)n1. The standard InChI is InChI=1S/C12H12ClIN4O/c1-7-11(14)12(19)18(6-16-7)5-9-8(13)3-4-10(15-2)17-9/h3-4,6H,5H2,1-2H3,(H,15,17). The Balaban J connectivity index is 2.42.